The number of carbonyl (C=O) groups is 2. The number of aryl methyl sites for hydroxylation is 1. The van der Waals surface area contributed by atoms with Crippen molar-refractivity contribution in [3.05, 3.63) is 56.2 Å². The Morgan fingerprint density at radius 1 is 0.974 bits per heavy atom. The lowest BCUT2D eigenvalue weighted by molar-refractivity contribution is -0.348. The second kappa shape index (κ2) is 10.3. The van der Waals surface area contributed by atoms with Crippen LogP contribution < -0.4 is 11.1 Å². The van der Waals surface area contributed by atoms with Crippen LogP contribution in [0.3, 0.4) is 0 Å². The first kappa shape index (κ1) is 31.8. The number of benzene rings is 2. The fourth-order valence-corrected chi connectivity index (χ4v) is 6.19. The average Bonchev–Trinajstić information content (AvgIpc) is 2.68. The van der Waals surface area contributed by atoms with E-state index < -0.39 is 56.5 Å². The van der Waals surface area contributed by atoms with E-state index in [9.17, 15) is 48.7 Å². The maximum Gasteiger partial charge on any atom is 0.435 e. The Morgan fingerprint density at radius 2 is 1.50 bits per heavy atom. The van der Waals surface area contributed by atoms with Crippen molar-refractivity contribution in [2.24, 2.45) is 5.73 Å². The largest absolute Gasteiger partial charge is 0.435 e. The number of carbonyl (C=O) groups excluding carboxylic acids is 2. The maximum absolute atomic E-state index is 14.5. The summed E-state index contributed by atoms with van der Waals surface area (Å²) in [7, 11) is -3.50. The van der Waals surface area contributed by atoms with Gasteiger partial charge in [0.25, 0.3) is 5.91 Å². The van der Waals surface area contributed by atoms with Gasteiger partial charge in [0, 0.05) is 20.9 Å². The van der Waals surface area contributed by atoms with E-state index in [0.29, 0.717) is 12.1 Å². The third-order valence-corrected chi connectivity index (χ3v) is 7.47. The van der Waals surface area contributed by atoms with E-state index in [4.69, 9.17) is 5.73 Å². The van der Waals surface area contributed by atoms with Crippen LogP contribution in [0.2, 0.25) is 0 Å². The molecule has 2 rings (SSSR count). The summed E-state index contributed by atoms with van der Waals surface area (Å²) in [6.45, 7) is 4.03. The van der Waals surface area contributed by atoms with Crippen molar-refractivity contribution in [1.82, 2.24) is 5.32 Å². The van der Waals surface area contributed by atoms with Crippen LogP contribution in [-0.4, -0.2) is 50.1 Å². The average molecular weight is 682 g/mol. The summed E-state index contributed by atoms with van der Waals surface area (Å²) in [5.74, 6) is -2.35. The molecule has 0 fully saturated rings. The molecule has 0 aliphatic heterocycles. The Hall–Kier alpha value is -2.43. The second-order valence-electron chi connectivity index (χ2n) is 9.34. The number of alkyl halides is 7. The predicted molar refractivity (Wildman–Crippen MR) is 134 cm³/mol. The molecule has 0 aliphatic carbocycles. The Bertz CT molecular complexity index is 1370. The van der Waals surface area contributed by atoms with Gasteiger partial charge in [-0.2, -0.15) is 26.3 Å². The van der Waals surface area contributed by atoms with E-state index >= 15 is 0 Å². The van der Waals surface area contributed by atoms with Crippen LogP contribution in [0.25, 0.3) is 11.1 Å². The molecule has 2 aromatic rings. The van der Waals surface area contributed by atoms with Gasteiger partial charge in [0.2, 0.25) is 5.91 Å². The first-order chi connectivity index (χ1) is 16.9. The third-order valence-electron chi connectivity index (χ3n) is 5.37. The lowest BCUT2D eigenvalue weighted by Crippen LogP contribution is -2.50. The van der Waals surface area contributed by atoms with Crippen LogP contribution in [0, 0.1) is 10.5 Å². The number of amides is 2. The van der Waals surface area contributed by atoms with Crippen molar-refractivity contribution in [2.75, 3.05) is 12.0 Å². The van der Waals surface area contributed by atoms with Crippen LogP contribution in [0.15, 0.2) is 30.3 Å². The number of sulfone groups is 1. The number of nitrogens with two attached hydrogens (primary N) is 1. The number of nitrogens with one attached hydrogen (secondary N) is 1. The molecule has 3 N–H and O–H groups in total. The van der Waals surface area contributed by atoms with Crippen molar-refractivity contribution in [3.63, 3.8) is 0 Å². The molecule has 0 spiro atoms. The van der Waals surface area contributed by atoms with Gasteiger partial charge in [-0.15, -0.1) is 0 Å². The Balaban J connectivity index is 2.63. The molecule has 0 atom stereocenters. The maximum atomic E-state index is 14.5. The Labute approximate surface area is 227 Å². The minimum atomic E-state index is -6.28. The minimum Gasteiger partial charge on any atom is -0.366 e. The molecule has 210 valence electrons. The van der Waals surface area contributed by atoms with Crippen LogP contribution in [-0.2, 0) is 15.5 Å². The quantitative estimate of drug-likeness (QED) is 0.309. The van der Waals surface area contributed by atoms with Gasteiger partial charge in [-0.25, -0.2) is 12.8 Å². The second-order valence-corrected chi connectivity index (χ2v) is 12.6. The molecule has 0 bridgehead atoms. The molecular weight excluding hydrogens is 660 g/mol. The molecule has 0 unspecified atom stereocenters. The van der Waals surface area contributed by atoms with Gasteiger partial charge in [-0.05, 0) is 72.2 Å². The van der Waals surface area contributed by atoms with Crippen LogP contribution in [0.1, 0.15) is 45.7 Å². The summed E-state index contributed by atoms with van der Waals surface area (Å²) in [6, 6.07) is 4.02. The highest BCUT2D eigenvalue weighted by Gasteiger charge is 2.73. The fourth-order valence-electron chi connectivity index (χ4n) is 3.94. The number of primary amides is 1. The van der Waals surface area contributed by atoms with Crippen LogP contribution in [0.5, 0.6) is 0 Å². The standard InChI is InChI=1S/C23H22F7IN2O4S/c1-11-7-13(21(24,22(25,26)27)23(28,29)30)5-6-14(11)12-8-15(18(32)34)17(16(31)9-12)19(35)33-20(2,3)10-38(4,36)37/h5-9H,10H2,1-4H3,(H2,32,34)(H,33,35). The van der Waals surface area contributed by atoms with E-state index in [1.54, 1.807) is 22.6 Å². The Kier molecular flexibility index (Phi) is 8.60. The summed E-state index contributed by atoms with van der Waals surface area (Å²) >= 11 is 1.67. The van der Waals surface area contributed by atoms with Gasteiger partial charge < -0.3 is 11.1 Å². The zero-order valence-corrected chi connectivity index (χ0v) is 23.2. The summed E-state index contributed by atoms with van der Waals surface area (Å²) in [5.41, 5.74) is -3.69. The van der Waals surface area contributed by atoms with Gasteiger partial charge in [0.1, 0.15) is 9.84 Å². The first-order valence-corrected chi connectivity index (χ1v) is 13.6. The van der Waals surface area contributed by atoms with Gasteiger partial charge in [-0.3, -0.25) is 9.59 Å². The lowest BCUT2D eigenvalue weighted by atomic mass is 9.89. The molecule has 0 aromatic heterocycles. The number of hydrogen-bond acceptors (Lipinski definition) is 4. The molecule has 0 saturated carbocycles. The monoisotopic (exact) mass is 682 g/mol. The minimum absolute atomic E-state index is 0.0465. The van der Waals surface area contributed by atoms with Crippen molar-refractivity contribution in [3.8, 4) is 11.1 Å². The Morgan fingerprint density at radius 3 is 1.92 bits per heavy atom. The van der Waals surface area contributed by atoms with Gasteiger partial charge >= 0.3 is 18.0 Å². The molecule has 0 radical (unpaired) electrons. The van der Waals surface area contributed by atoms with E-state index in [1.165, 1.54) is 19.9 Å². The predicted octanol–water partition coefficient (Wildman–Crippen LogP) is 5.21. The fraction of sp³-hybridized carbons (Fsp3) is 0.391. The normalized spacial score (nSPS) is 13.4. The highest BCUT2D eigenvalue weighted by Crippen LogP contribution is 2.53. The van der Waals surface area contributed by atoms with E-state index in [-0.39, 0.29) is 31.4 Å². The molecular formula is C23H22F7IN2O4S. The molecule has 6 nitrogen and oxygen atoms in total. The molecule has 0 heterocycles. The molecule has 0 saturated heterocycles. The van der Waals surface area contributed by atoms with E-state index in [1.807, 2.05) is 0 Å². The summed E-state index contributed by atoms with van der Waals surface area (Å²) in [4.78, 5) is 25.2. The van der Waals surface area contributed by atoms with Crippen molar-refractivity contribution in [1.29, 1.82) is 0 Å². The molecule has 2 amide bonds. The lowest BCUT2D eigenvalue weighted by Gasteiger charge is -2.30. The summed E-state index contributed by atoms with van der Waals surface area (Å²) in [6.07, 6.45) is -11.6. The van der Waals surface area contributed by atoms with E-state index in [2.05, 4.69) is 5.32 Å². The number of hydrogen-bond donors (Lipinski definition) is 2. The highest BCUT2D eigenvalue weighted by atomic mass is 127. The topological polar surface area (TPSA) is 106 Å². The van der Waals surface area contributed by atoms with Crippen LogP contribution in [0.4, 0.5) is 30.7 Å². The number of rotatable bonds is 7. The molecule has 38 heavy (non-hydrogen) atoms. The zero-order chi connectivity index (χ0) is 29.6. The van der Waals surface area contributed by atoms with Gasteiger partial charge in [0.15, 0.2) is 0 Å². The molecule has 15 heteroatoms. The van der Waals surface area contributed by atoms with Crippen molar-refractivity contribution in [2.45, 2.75) is 44.3 Å². The van der Waals surface area contributed by atoms with Gasteiger partial charge in [-0.1, -0.05) is 18.2 Å². The van der Waals surface area contributed by atoms with Crippen molar-refractivity contribution >= 4 is 44.2 Å². The third kappa shape index (κ3) is 6.58. The SMILES string of the molecule is Cc1cc(C(F)(C(F)(F)F)C(F)(F)F)ccc1-c1cc(I)c(C(=O)NC(C)(C)CS(C)(=O)=O)c(C(N)=O)c1. The van der Waals surface area contributed by atoms with Crippen molar-refractivity contribution < 1.29 is 48.7 Å². The first-order valence-electron chi connectivity index (χ1n) is 10.5. The smallest absolute Gasteiger partial charge is 0.366 e. The highest BCUT2D eigenvalue weighted by molar-refractivity contribution is 14.1. The van der Waals surface area contributed by atoms with Gasteiger partial charge in [0.05, 0.1) is 16.9 Å². The number of halogens is 8. The molecule has 2 aromatic carbocycles. The molecule has 0 aliphatic rings. The summed E-state index contributed by atoms with van der Waals surface area (Å²) in [5, 5.41) is 2.50. The van der Waals surface area contributed by atoms with Crippen LogP contribution >= 0.6 is 22.6 Å². The van der Waals surface area contributed by atoms with E-state index in [0.717, 1.165) is 25.3 Å². The summed E-state index contributed by atoms with van der Waals surface area (Å²) < 4.78 is 117. The zero-order valence-electron chi connectivity index (χ0n) is 20.2.